The van der Waals surface area contributed by atoms with Gasteiger partial charge in [0.15, 0.2) is 5.11 Å². The van der Waals surface area contributed by atoms with Crippen LogP contribution in [0.3, 0.4) is 0 Å². The van der Waals surface area contributed by atoms with Crippen molar-refractivity contribution >= 4 is 57.1 Å². The molecule has 0 bridgehead atoms. The molecule has 1 aliphatic rings. The number of aromatic amines is 1. The summed E-state index contributed by atoms with van der Waals surface area (Å²) >= 11 is 17.8. The Morgan fingerprint density at radius 1 is 1.00 bits per heavy atom. The molecule has 3 aromatic carbocycles. The predicted octanol–water partition coefficient (Wildman–Crippen LogP) is 6.16. The summed E-state index contributed by atoms with van der Waals surface area (Å²) in [6, 6.07) is 22.7. The molecule has 4 aromatic rings. The van der Waals surface area contributed by atoms with E-state index in [9.17, 15) is 4.79 Å². The van der Waals surface area contributed by atoms with E-state index in [1.54, 1.807) is 12.1 Å². The van der Waals surface area contributed by atoms with E-state index in [-0.39, 0.29) is 11.6 Å². The van der Waals surface area contributed by atoms with Crippen LogP contribution >= 0.6 is 35.4 Å². The Labute approximate surface area is 212 Å². The molecule has 0 aliphatic carbocycles. The van der Waals surface area contributed by atoms with Crippen molar-refractivity contribution in [1.82, 2.24) is 15.3 Å². The highest BCUT2D eigenvalue weighted by Crippen LogP contribution is 2.37. The normalized spacial score (nSPS) is 15.4. The number of H-pyrrole nitrogens is 1. The van der Waals surface area contributed by atoms with E-state index in [0.717, 1.165) is 27.6 Å². The quantitative estimate of drug-likeness (QED) is 0.326. The molecule has 1 aromatic heterocycles. The summed E-state index contributed by atoms with van der Waals surface area (Å²) in [5.74, 6) is 0. The lowest BCUT2D eigenvalue weighted by Gasteiger charge is -2.23. The number of hydrogen-bond donors (Lipinski definition) is 2. The van der Waals surface area contributed by atoms with Gasteiger partial charge in [-0.2, -0.15) is 5.10 Å². The molecular weight excluding hydrogens is 487 g/mol. The average molecular weight is 507 g/mol. The second kappa shape index (κ2) is 9.22. The van der Waals surface area contributed by atoms with Crippen molar-refractivity contribution in [1.29, 1.82) is 0 Å². The Hall–Kier alpha value is -3.19. The summed E-state index contributed by atoms with van der Waals surface area (Å²) < 4.78 is 0. The minimum Gasteiger partial charge on any atom is -0.364 e. The smallest absolute Gasteiger partial charge is 0.258 e. The van der Waals surface area contributed by atoms with Gasteiger partial charge in [0.1, 0.15) is 0 Å². The molecule has 2 N–H and O–H groups in total. The SMILES string of the molecule is CNC(=S)N1N=C(c2c(-c3ccc(Cl)cc3)c3ccccc3[nH]c2=O)CC1c1ccc(Cl)cc1. The number of halogens is 2. The molecule has 0 spiro atoms. The van der Waals surface area contributed by atoms with Gasteiger partial charge >= 0.3 is 0 Å². The first-order valence-electron chi connectivity index (χ1n) is 10.7. The zero-order valence-electron chi connectivity index (χ0n) is 18.2. The maximum absolute atomic E-state index is 13.5. The second-order valence-electron chi connectivity index (χ2n) is 7.97. The number of thiocarbonyl (C=S) groups is 1. The number of aromatic nitrogens is 1. The summed E-state index contributed by atoms with van der Waals surface area (Å²) in [4.78, 5) is 16.5. The standard InChI is InChI=1S/C26H20Cl2N4OS/c1-29-26(34)32-22(15-6-10-17(27)11-7-15)14-21(31-32)24-23(16-8-12-18(28)13-9-16)19-4-2-3-5-20(19)30-25(24)33/h2-13,22H,14H2,1H3,(H,29,34)(H,30,33). The van der Waals surface area contributed by atoms with Gasteiger partial charge in [0.05, 0.1) is 17.3 Å². The number of nitrogens with one attached hydrogen (secondary N) is 2. The van der Waals surface area contributed by atoms with Gasteiger partial charge in [-0.05, 0) is 53.7 Å². The van der Waals surface area contributed by atoms with Crippen LogP contribution in [0, 0.1) is 0 Å². The van der Waals surface area contributed by atoms with Crippen molar-refractivity contribution in [3.05, 3.63) is 104 Å². The monoisotopic (exact) mass is 506 g/mol. The summed E-state index contributed by atoms with van der Waals surface area (Å²) in [6.07, 6.45) is 0.505. The van der Waals surface area contributed by atoms with Crippen molar-refractivity contribution in [2.24, 2.45) is 5.10 Å². The van der Waals surface area contributed by atoms with E-state index in [1.807, 2.05) is 72.8 Å². The number of fused-ring (bicyclic) bond motifs is 1. The van der Waals surface area contributed by atoms with E-state index in [1.165, 1.54) is 0 Å². The Morgan fingerprint density at radius 2 is 1.65 bits per heavy atom. The highest BCUT2D eigenvalue weighted by atomic mass is 35.5. The molecule has 2 heterocycles. The van der Waals surface area contributed by atoms with E-state index < -0.39 is 0 Å². The Bertz CT molecular complexity index is 1480. The van der Waals surface area contributed by atoms with Crippen molar-refractivity contribution < 1.29 is 0 Å². The number of rotatable bonds is 3. The molecule has 1 atom stereocenters. The van der Waals surface area contributed by atoms with Gasteiger partial charge in [0.2, 0.25) is 0 Å². The topological polar surface area (TPSA) is 60.5 Å². The zero-order valence-corrected chi connectivity index (χ0v) is 20.5. The van der Waals surface area contributed by atoms with Gasteiger partial charge in [-0.3, -0.25) is 4.79 Å². The van der Waals surface area contributed by atoms with Crippen LogP contribution in [0.2, 0.25) is 10.0 Å². The van der Waals surface area contributed by atoms with Crippen LogP contribution in [0.25, 0.3) is 22.0 Å². The highest BCUT2D eigenvalue weighted by Gasteiger charge is 2.33. The lowest BCUT2D eigenvalue weighted by atomic mass is 9.91. The number of nitrogens with zero attached hydrogens (tertiary/aromatic N) is 2. The van der Waals surface area contributed by atoms with Crippen LogP contribution < -0.4 is 10.9 Å². The fourth-order valence-corrected chi connectivity index (χ4v) is 4.76. The molecule has 8 heteroatoms. The Balaban J connectivity index is 1.72. The molecule has 0 fully saturated rings. The molecule has 1 unspecified atom stereocenters. The number of hydrazone groups is 1. The third kappa shape index (κ3) is 4.09. The van der Waals surface area contributed by atoms with Crippen LogP contribution in [-0.2, 0) is 0 Å². The largest absolute Gasteiger partial charge is 0.364 e. The average Bonchev–Trinajstić information content (AvgIpc) is 3.28. The Kier molecular flexibility index (Phi) is 6.13. The van der Waals surface area contributed by atoms with Crippen LogP contribution in [-0.4, -0.2) is 27.9 Å². The first-order valence-corrected chi connectivity index (χ1v) is 11.9. The van der Waals surface area contributed by atoms with Crippen LogP contribution in [0.4, 0.5) is 0 Å². The Morgan fingerprint density at radius 3 is 2.32 bits per heavy atom. The third-order valence-electron chi connectivity index (χ3n) is 5.93. The van der Waals surface area contributed by atoms with Gasteiger partial charge in [0.25, 0.3) is 5.56 Å². The van der Waals surface area contributed by atoms with Gasteiger partial charge in [-0.1, -0.05) is 65.7 Å². The van der Waals surface area contributed by atoms with Crippen molar-refractivity contribution in [3.63, 3.8) is 0 Å². The molecule has 0 saturated carbocycles. The molecule has 1 aliphatic heterocycles. The molecular formula is C26H20Cl2N4OS. The van der Waals surface area contributed by atoms with E-state index in [0.29, 0.717) is 32.9 Å². The molecule has 34 heavy (non-hydrogen) atoms. The predicted molar refractivity (Wildman–Crippen MR) is 144 cm³/mol. The summed E-state index contributed by atoms with van der Waals surface area (Å²) in [7, 11) is 1.76. The van der Waals surface area contributed by atoms with Gasteiger partial charge in [-0.15, -0.1) is 0 Å². The van der Waals surface area contributed by atoms with E-state index in [4.69, 9.17) is 40.5 Å². The minimum atomic E-state index is -0.200. The first kappa shape index (κ1) is 22.6. The highest BCUT2D eigenvalue weighted by molar-refractivity contribution is 7.80. The van der Waals surface area contributed by atoms with Gasteiger partial charge in [-0.25, -0.2) is 5.01 Å². The zero-order chi connectivity index (χ0) is 23.8. The molecule has 5 rings (SSSR count). The number of hydrogen-bond acceptors (Lipinski definition) is 3. The van der Waals surface area contributed by atoms with Gasteiger partial charge < -0.3 is 10.3 Å². The van der Waals surface area contributed by atoms with E-state index >= 15 is 0 Å². The first-order chi connectivity index (χ1) is 16.5. The van der Waals surface area contributed by atoms with Crippen LogP contribution in [0.15, 0.2) is 82.7 Å². The van der Waals surface area contributed by atoms with E-state index in [2.05, 4.69) is 10.3 Å². The lowest BCUT2D eigenvalue weighted by molar-refractivity contribution is 0.367. The number of benzene rings is 3. The number of para-hydroxylation sites is 1. The second-order valence-corrected chi connectivity index (χ2v) is 9.23. The fraction of sp³-hybridized carbons (Fsp3) is 0.115. The van der Waals surface area contributed by atoms with Crippen LogP contribution in [0.5, 0.6) is 0 Å². The number of pyridine rings is 1. The summed E-state index contributed by atoms with van der Waals surface area (Å²) in [5.41, 5.74) is 4.47. The summed E-state index contributed by atoms with van der Waals surface area (Å²) in [5, 5.41) is 12.3. The minimum absolute atomic E-state index is 0.170. The van der Waals surface area contributed by atoms with Crippen molar-refractivity contribution in [3.8, 4) is 11.1 Å². The van der Waals surface area contributed by atoms with Gasteiger partial charge in [0, 0.05) is 40.0 Å². The molecule has 0 amide bonds. The maximum Gasteiger partial charge on any atom is 0.258 e. The molecule has 0 radical (unpaired) electrons. The fourth-order valence-electron chi connectivity index (χ4n) is 4.34. The molecule has 170 valence electrons. The molecule has 0 saturated heterocycles. The lowest BCUT2D eigenvalue weighted by Crippen LogP contribution is -2.34. The third-order valence-corrected chi connectivity index (χ3v) is 6.83. The van der Waals surface area contributed by atoms with Crippen molar-refractivity contribution in [2.75, 3.05) is 7.05 Å². The van der Waals surface area contributed by atoms with Crippen LogP contribution in [0.1, 0.15) is 23.6 Å². The molecule has 5 nitrogen and oxygen atoms in total. The van der Waals surface area contributed by atoms with Crippen molar-refractivity contribution in [2.45, 2.75) is 12.5 Å². The summed E-state index contributed by atoms with van der Waals surface area (Å²) in [6.45, 7) is 0. The maximum atomic E-state index is 13.5.